The van der Waals surface area contributed by atoms with Gasteiger partial charge in [-0.15, -0.1) is 0 Å². The lowest BCUT2D eigenvalue weighted by Gasteiger charge is -2.18. The van der Waals surface area contributed by atoms with Crippen LogP contribution in [-0.4, -0.2) is 37.2 Å². The van der Waals surface area contributed by atoms with E-state index in [2.05, 4.69) is 142 Å². The molecule has 0 aromatic heterocycles. The molecule has 0 bridgehead atoms. The van der Waals surface area contributed by atoms with Gasteiger partial charge in [0.25, 0.3) is 0 Å². The van der Waals surface area contributed by atoms with E-state index in [4.69, 9.17) is 14.2 Å². The van der Waals surface area contributed by atoms with Gasteiger partial charge in [0.15, 0.2) is 6.10 Å². The Morgan fingerprint density at radius 3 is 0.904 bits per heavy atom. The molecule has 0 aromatic carbocycles. The van der Waals surface area contributed by atoms with Crippen LogP contribution in [0.4, 0.5) is 0 Å². The minimum Gasteiger partial charge on any atom is -0.462 e. The first-order valence-electron chi connectivity index (χ1n) is 29.7. The molecule has 0 aliphatic carbocycles. The summed E-state index contributed by atoms with van der Waals surface area (Å²) in [5.74, 6) is -1.07. The second kappa shape index (κ2) is 60.1. The van der Waals surface area contributed by atoms with Gasteiger partial charge in [-0.2, -0.15) is 0 Å². The molecule has 6 nitrogen and oxygen atoms in total. The molecule has 0 aliphatic rings. The van der Waals surface area contributed by atoms with E-state index in [9.17, 15) is 14.4 Å². The molecule has 0 radical (unpaired) electrons. The van der Waals surface area contributed by atoms with Gasteiger partial charge in [0, 0.05) is 12.8 Å². The number of hydrogen-bond acceptors (Lipinski definition) is 6. The van der Waals surface area contributed by atoms with Gasteiger partial charge < -0.3 is 14.2 Å². The maximum absolute atomic E-state index is 12.8. The maximum atomic E-state index is 12.8. The second-order valence-corrected chi connectivity index (χ2v) is 19.2. The van der Waals surface area contributed by atoms with Crippen LogP contribution in [0, 0.1) is 0 Å². The highest BCUT2D eigenvalue weighted by Crippen LogP contribution is 2.15. The lowest BCUT2D eigenvalue weighted by molar-refractivity contribution is -0.166. The van der Waals surface area contributed by atoms with E-state index in [-0.39, 0.29) is 31.6 Å². The van der Waals surface area contributed by atoms with E-state index >= 15 is 0 Å². The molecule has 0 fully saturated rings. The summed E-state index contributed by atoms with van der Waals surface area (Å²) in [5, 5.41) is 0. The summed E-state index contributed by atoms with van der Waals surface area (Å²) in [6.45, 7) is 6.25. The monoisotopic (exact) mass is 1010 g/mol. The minimum atomic E-state index is -0.842. The number of unbranched alkanes of at least 4 members (excludes halogenated alkanes) is 20. The van der Waals surface area contributed by atoms with E-state index in [1.165, 1.54) is 83.5 Å². The average molecular weight is 1010 g/mol. The Morgan fingerprint density at radius 1 is 0.301 bits per heavy atom. The van der Waals surface area contributed by atoms with E-state index in [1.54, 1.807) is 6.08 Å². The van der Waals surface area contributed by atoms with Crippen molar-refractivity contribution < 1.29 is 28.6 Å². The molecule has 1 atom stereocenters. The highest BCUT2D eigenvalue weighted by Gasteiger charge is 2.19. The third-order valence-corrected chi connectivity index (χ3v) is 12.1. The molecule has 0 aliphatic heterocycles. The first kappa shape index (κ1) is 68.6. The normalized spacial score (nSPS) is 13.1. The number of hydrogen-bond donors (Lipinski definition) is 0. The van der Waals surface area contributed by atoms with Crippen LogP contribution < -0.4 is 0 Å². The van der Waals surface area contributed by atoms with Crippen LogP contribution in [-0.2, 0) is 28.6 Å². The van der Waals surface area contributed by atoms with Crippen LogP contribution in [0.2, 0.25) is 0 Å². The standard InChI is InChI=1S/C67H108O6/c1-4-7-10-13-16-19-22-25-27-28-29-30-31-32-33-34-35-36-37-38-40-42-45-48-51-54-57-60-66(69)72-63-64(62-71-65(68)59-56-53-50-47-44-41-24-21-18-15-12-9-6-3)73-67(70)61-58-55-52-49-46-43-39-26-23-20-17-14-11-8-5-2/h7-8,10-12,15-17,19-21,24-27,29-30,39,46,49,55,58,64H,4-6,9,13-14,18,22-23,28,31-38,40-45,47-48,50-54,56-57,59-63H2,1-3H3/b10-7-,11-8-,15-12-,19-16-,20-17-,24-21-,27-25-,30-29-,39-26-,49-46-,58-55-. The Hall–Kier alpha value is -4.45. The lowest BCUT2D eigenvalue weighted by atomic mass is 10.0. The van der Waals surface area contributed by atoms with Gasteiger partial charge in [-0.3, -0.25) is 14.4 Å². The third kappa shape index (κ3) is 58.3. The smallest absolute Gasteiger partial charge is 0.310 e. The molecule has 73 heavy (non-hydrogen) atoms. The zero-order valence-electron chi connectivity index (χ0n) is 47.1. The van der Waals surface area contributed by atoms with Gasteiger partial charge in [0.1, 0.15) is 13.2 Å². The van der Waals surface area contributed by atoms with Crippen LogP contribution in [0.25, 0.3) is 0 Å². The van der Waals surface area contributed by atoms with Gasteiger partial charge >= 0.3 is 17.9 Å². The molecule has 0 spiro atoms. The van der Waals surface area contributed by atoms with Crippen molar-refractivity contribution in [2.24, 2.45) is 0 Å². The van der Waals surface area contributed by atoms with Crippen LogP contribution in [0.3, 0.4) is 0 Å². The Bertz CT molecular complexity index is 1580. The van der Waals surface area contributed by atoms with Crippen molar-refractivity contribution in [3.63, 3.8) is 0 Å². The number of carbonyl (C=O) groups excluding carboxylic acids is 3. The fourth-order valence-corrected chi connectivity index (χ4v) is 7.78. The second-order valence-electron chi connectivity index (χ2n) is 19.2. The number of ether oxygens (including phenoxy) is 3. The Balaban J connectivity index is 4.35. The van der Waals surface area contributed by atoms with Crippen LogP contribution >= 0.6 is 0 Å². The summed E-state index contributed by atoms with van der Waals surface area (Å²) in [6.07, 6.45) is 84.8. The summed E-state index contributed by atoms with van der Waals surface area (Å²) >= 11 is 0. The summed E-state index contributed by atoms with van der Waals surface area (Å²) < 4.78 is 16.7. The summed E-state index contributed by atoms with van der Waals surface area (Å²) in [5.41, 5.74) is 0. The predicted molar refractivity (Wildman–Crippen MR) is 316 cm³/mol. The molecule has 0 saturated carbocycles. The Morgan fingerprint density at radius 2 is 0.575 bits per heavy atom. The van der Waals surface area contributed by atoms with E-state index in [0.29, 0.717) is 19.3 Å². The summed E-state index contributed by atoms with van der Waals surface area (Å²) in [7, 11) is 0. The van der Waals surface area contributed by atoms with Gasteiger partial charge in [-0.1, -0.05) is 257 Å². The van der Waals surface area contributed by atoms with Crippen molar-refractivity contribution in [2.75, 3.05) is 13.2 Å². The number of rotatable bonds is 52. The molecule has 0 rings (SSSR count). The highest BCUT2D eigenvalue weighted by molar-refractivity contribution is 5.72. The van der Waals surface area contributed by atoms with Gasteiger partial charge in [-0.25, -0.2) is 0 Å². The Labute approximate surface area is 449 Å². The fourth-order valence-electron chi connectivity index (χ4n) is 7.78. The average Bonchev–Trinajstić information content (AvgIpc) is 3.39. The summed E-state index contributed by atoms with van der Waals surface area (Å²) in [4.78, 5) is 38.1. The Kier molecular flexibility index (Phi) is 56.4. The van der Waals surface area contributed by atoms with Crippen molar-refractivity contribution in [3.05, 3.63) is 134 Å². The van der Waals surface area contributed by atoms with Crippen molar-refractivity contribution in [1.82, 2.24) is 0 Å². The minimum absolute atomic E-state index is 0.0896. The largest absolute Gasteiger partial charge is 0.462 e. The predicted octanol–water partition coefficient (Wildman–Crippen LogP) is 20.2. The molecule has 1 unspecified atom stereocenters. The van der Waals surface area contributed by atoms with E-state index in [1.807, 2.05) is 6.08 Å². The van der Waals surface area contributed by atoms with Crippen molar-refractivity contribution in [3.8, 4) is 0 Å². The van der Waals surface area contributed by atoms with E-state index in [0.717, 1.165) is 122 Å². The molecule has 412 valence electrons. The topological polar surface area (TPSA) is 78.9 Å². The van der Waals surface area contributed by atoms with Gasteiger partial charge in [0.05, 0.1) is 6.42 Å². The lowest BCUT2D eigenvalue weighted by Crippen LogP contribution is -2.30. The van der Waals surface area contributed by atoms with E-state index < -0.39 is 12.1 Å². The quantitative estimate of drug-likeness (QED) is 0.0261. The number of esters is 3. The maximum Gasteiger partial charge on any atom is 0.310 e. The summed E-state index contributed by atoms with van der Waals surface area (Å²) in [6, 6.07) is 0. The van der Waals surface area contributed by atoms with Gasteiger partial charge in [0.2, 0.25) is 0 Å². The SMILES string of the molecule is CC/C=C\C/C=C\C/C=C\C/C=C\C/C=C\CC(=O)OC(COC(=O)CCCCCCC/C=C\C/C=C\CCC)COC(=O)CCCCCCCCCCCCCCCC/C=C\C/C=C\C/C=C\C/C=C\CC. The van der Waals surface area contributed by atoms with Crippen LogP contribution in [0.5, 0.6) is 0 Å². The zero-order chi connectivity index (χ0) is 52.9. The molecule has 0 heterocycles. The number of allylic oxidation sites excluding steroid dienone is 21. The molecule has 0 N–H and O–H groups in total. The van der Waals surface area contributed by atoms with Crippen molar-refractivity contribution in [2.45, 2.75) is 258 Å². The van der Waals surface area contributed by atoms with Crippen LogP contribution in [0.15, 0.2) is 134 Å². The first-order valence-corrected chi connectivity index (χ1v) is 29.7. The molecule has 0 amide bonds. The van der Waals surface area contributed by atoms with Crippen molar-refractivity contribution in [1.29, 1.82) is 0 Å². The molecule has 0 aromatic rings. The zero-order valence-corrected chi connectivity index (χ0v) is 47.1. The fraction of sp³-hybridized carbons (Fsp3) is 0.627. The van der Waals surface area contributed by atoms with Crippen LogP contribution in [0.1, 0.15) is 252 Å². The first-order chi connectivity index (χ1) is 36.0. The molecule has 6 heteroatoms. The molecular weight excluding hydrogens is 901 g/mol. The van der Waals surface area contributed by atoms with Crippen molar-refractivity contribution >= 4 is 17.9 Å². The molecule has 0 saturated heterocycles. The highest BCUT2D eigenvalue weighted by atomic mass is 16.6. The third-order valence-electron chi connectivity index (χ3n) is 12.1. The molecular formula is C67H108O6. The van der Waals surface area contributed by atoms with Gasteiger partial charge in [-0.05, 0) is 109 Å². The number of carbonyl (C=O) groups is 3.